The molecule has 0 spiro atoms. The second kappa shape index (κ2) is 4.20. The Balaban J connectivity index is 2.99. The first-order valence-electron chi connectivity index (χ1n) is 3.61. The van der Waals surface area contributed by atoms with Gasteiger partial charge in [-0.05, 0) is 18.6 Å². The fourth-order valence-corrected chi connectivity index (χ4v) is 1.02. The number of nitrogens with zero attached hydrogens (tertiary/aromatic N) is 1. The molecule has 0 unspecified atom stereocenters. The molecule has 0 radical (unpaired) electrons. The summed E-state index contributed by atoms with van der Waals surface area (Å²) in [6.07, 6.45) is 0. The summed E-state index contributed by atoms with van der Waals surface area (Å²) in [5, 5.41) is 0.284. The van der Waals surface area contributed by atoms with Crippen LogP contribution in [0.3, 0.4) is 0 Å². The maximum atomic E-state index is 11.3. The number of carbonyl (C=O) groups excluding carboxylic acids is 1. The highest BCUT2D eigenvalue weighted by Crippen LogP contribution is 2.10. The van der Waals surface area contributed by atoms with Crippen molar-refractivity contribution in [2.24, 2.45) is 0 Å². The number of halogens is 1. The van der Waals surface area contributed by atoms with Crippen molar-refractivity contribution in [3.05, 3.63) is 28.5 Å². The van der Waals surface area contributed by atoms with E-state index in [4.69, 9.17) is 11.6 Å². The number of pyridine rings is 1. The van der Waals surface area contributed by atoms with Gasteiger partial charge in [0.05, 0.1) is 7.11 Å². The molecule has 1 aromatic rings. The van der Waals surface area contributed by atoms with Crippen LogP contribution in [-0.2, 0) is 4.84 Å². The molecule has 1 heterocycles. The summed E-state index contributed by atoms with van der Waals surface area (Å²) in [6, 6.07) is 3.35. The summed E-state index contributed by atoms with van der Waals surface area (Å²) in [5.74, 6) is -0.400. The van der Waals surface area contributed by atoms with Gasteiger partial charge in [0.15, 0.2) is 0 Å². The fourth-order valence-electron chi connectivity index (χ4n) is 0.876. The topological polar surface area (TPSA) is 51.2 Å². The third kappa shape index (κ3) is 2.40. The first kappa shape index (κ1) is 9.95. The number of hydroxylamine groups is 1. The van der Waals surface area contributed by atoms with Crippen LogP contribution in [0.2, 0.25) is 5.15 Å². The quantitative estimate of drug-likeness (QED) is 0.579. The maximum absolute atomic E-state index is 11.3. The zero-order valence-corrected chi connectivity index (χ0v) is 8.05. The summed E-state index contributed by atoms with van der Waals surface area (Å²) in [7, 11) is 1.36. The molecule has 5 heteroatoms. The molecule has 0 fully saturated rings. The van der Waals surface area contributed by atoms with Gasteiger partial charge in [-0.3, -0.25) is 9.63 Å². The van der Waals surface area contributed by atoms with Gasteiger partial charge in [0.2, 0.25) is 0 Å². The Morgan fingerprint density at radius 2 is 2.31 bits per heavy atom. The summed E-state index contributed by atoms with van der Waals surface area (Å²) in [6.45, 7) is 1.77. The monoisotopic (exact) mass is 200 g/mol. The number of aromatic nitrogens is 1. The van der Waals surface area contributed by atoms with Crippen LogP contribution in [-0.4, -0.2) is 18.0 Å². The maximum Gasteiger partial charge on any atom is 0.293 e. The van der Waals surface area contributed by atoms with Crippen LogP contribution in [0.5, 0.6) is 0 Å². The predicted molar refractivity (Wildman–Crippen MR) is 48.5 cm³/mol. The van der Waals surface area contributed by atoms with Gasteiger partial charge in [-0.2, -0.15) is 0 Å². The normalized spacial score (nSPS) is 9.77. The van der Waals surface area contributed by atoms with Crippen molar-refractivity contribution < 1.29 is 9.63 Å². The Hall–Kier alpha value is -1.13. The standard InChI is InChI=1S/C8H9ClN2O2/c1-5-3-4-6(9)10-7(5)8(12)11-13-2/h3-4H,1-2H3,(H,11,12). The Kier molecular flexibility index (Phi) is 3.22. The molecule has 1 aromatic heterocycles. The largest absolute Gasteiger partial charge is 0.293 e. The lowest BCUT2D eigenvalue weighted by Crippen LogP contribution is -2.23. The SMILES string of the molecule is CONC(=O)c1nc(Cl)ccc1C. The number of rotatable bonds is 2. The third-order valence-electron chi connectivity index (χ3n) is 1.47. The molecule has 0 aliphatic heterocycles. The Bertz CT molecular complexity index is 328. The minimum absolute atomic E-state index is 0.273. The van der Waals surface area contributed by atoms with Crippen LogP contribution in [0.25, 0.3) is 0 Å². The van der Waals surface area contributed by atoms with Gasteiger partial charge < -0.3 is 0 Å². The first-order valence-corrected chi connectivity index (χ1v) is 3.99. The first-order chi connectivity index (χ1) is 6.15. The van der Waals surface area contributed by atoms with Gasteiger partial charge in [0, 0.05) is 0 Å². The molecule has 0 atom stereocenters. The summed E-state index contributed by atoms with van der Waals surface area (Å²) in [4.78, 5) is 19.6. The number of carbonyl (C=O) groups is 1. The number of aryl methyl sites for hydroxylation is 1. The summed E-state index contributed by atoms with van der Waals surface area (Å²) < 4.78 is 0. The second-order valence-electron chi connectivity index (χ2n) is 2.43. The van der Waals surface area contributed by atoms with E-state index in [1.807, 2.05) is 0 Å². The minimum atomic E-state index is -0.400. The molecule has 4 nitrogen and oxygen atoms in total. The molecule has 0 aromatic carbocycles. The van der Waals surface area contributed by atoms with Gasteiger partial charge in [0.1, 0.15) is 10.8 Å². The lowest BCUT2D eigenvalue weighted by molar-refractivity contribution is 0.0531. The van der Waals surface area contributed by atoms with Crippen molar-refractivity contribution in [1.82, 2.24) is 10.5 Å². The van der Waals surface area contributed by atoms with Gasteiger partial charge in [-0.1, -0.05) is 17.7 Å². The van der Waals surface area contributed by atoms with Crippen molar-refractivity contribution in [1.29, 1.82) is 0 Å². The summed E-state index contributed by atoms with van der Waals surface area (Å²) >= 11 is 5.63. The van der Waals surface area contributed by atoms with Gasteiger partial charge in [0.25, 0.3) is 5.91 Å². The molecule has 1 rings (SSSR count). The highest BCUT2D eigenvalue weighted by Gasteiger charge is 2.10. The Labute approximate surface area is 80.8 Å². The molecule has 70 valence electrons. The number of amides is 1. The lowest BCUT2D eigenvalue weighted by atomic mass is 10.2. The molecule has 13 heavy (non-hydrogen) atoms. The average molecular weight is 201 g/mol. The highest BCUT2D eigenvalue weighted by atomic mass is 35.5. The van der Waals surface area contributed by atoms with Crippen molar-refractivity contribution >= 4 is 17.5 Å². The van der Waals surface area contributed by atoms with E-state index >= 15 is 0 Å². The predicted octanol–water partition coefficient (Wildman–Crippen LogP) is 1.33. The zero-order chi connectivity index (χ0) is 9.84. The van der Waals surface area contributed by atoms with E-state index in [9.17, 15) is 4.79 Å². The van der Waals surface area contributed by atoms with E-state index < -0.39 is 5.91 Å². The summed E-state index contributed by atoms with van der Waals surface area (Å²) in [5.41, 5.74) is 3.19. The van der Waals surface area contributed by atoms with Gasteiger partial charge in [-0.25, -0.2) is 10.5 Å². The van der Waals surface area contributed by atoms with Crippen LogP contribution >= 0.6 is 11.6 Å². The highest BCUT2D eigenvalue weighted by molar-refractivity contribution is 6.29. The van der Waals surface area contributed by atoms with E-state index in [0.29, 0.717) is 0 Å². The number of hydrogen-bond acceptors (Lipinski definition) is 3. The van der Waals surface area contributed by atoms with Gasteiger partial charge in [-0.15, -0.1) is 0 Å². The smallest absolute Gasteiger partial charge is 0.277 e. The Morgan fingerprint density at radius 1 is 1.62 bits per heavy atom. The average Bonchev–Trinajstić information content (AvgIpc) is 2.09. The molecular formula is C8H9ClN2O2. The van der Waals surface area contributed by atoms with Crippen LogP contribution in [0, 0.1) is 6.92 Å². The van der Waals surface area contributed by atoms with E-state index in [-0.39, 0.29) is 10.8 Å². The van der Waals surface area contributed by atoms with E-state index in [1.54, 1.807) is 19.1 Å². The van der Waals surface area contributed by atoms with Crippen molar-refractivity contribution in [3.63, 3.8) is 0 Å². The van der Waals surface area contributed by atoms with Crippen LogP contribution in [0.4, 0.5) is 0 Å². The van der Waals surface area contributed by atoms with Gasteiger partial charge >= 0.3 is 0 Å². The van der Waals surface area contributed by atoms with Crippen LogP contribution in [0.15, 0.2) is 12.1 Å². The van der Waals surface area contributed by atoms with E-state index in [1.165, 1.54) is 7.11 Å². The molecule has 0 aliphatic carbocycles. The van der Waals surface area contributed by atoms with Crippen molar-refractivity contribution in [3.8, 4) is 0 Å². The molecule has 0 aliphatic rings. The minimum Gasteiger partial charge on any atom is -0.277 e. The van der Waals surface area contributed by atoms with E-state index in [0.717, 1.165) is 5.56 Å². The molecule has 0 bridgehead atoms. The van der Waals surface area contributed by atoms with Crippen molar-refractivity contribution in [2.75, 3.05) is 7.11 Å². The molecule has 0 saturated carbocycles. The third-order valence-corrected chi connectivity index (χ3v) is 1.68. The molecule has 1 N–H and O–H groups in total. The second-order valence-corrected chi connectivity index (χ2v) is 2.82. The molecule has 1 amide bonds. The zero-order valence-electron chi connectivity index (χ0n) is 7.30. The number of hydrogen-bond donors (Lipinski definition) is 1. The fraction of sp³-hybridized carbons (Fsp3) is 0.250. The van der Waals surface area contributed by atoms with E-state index in [2.05, 4.69) is 15.3 Å². The molecular weight excluding hydrogens is 192 g/mol. The molecule has 0 saturated heterocycles. The number of nitrogens with one attached hydrogen (secondary N) is 1. The van der Waals surface area contributed by atoms with Crippen LogP contribution in [0.1, 0.15) is 16.1 Å². The lowest BCUT2D eigenvalue weighted by Gasteiger charge is -2.04. The van der Waals surface area contributed by atoms with Crippen molar-refractivity contribution in [2.45, 2.75) is 6.92 Å². The Morgan fingerprint density at radius 3 is 2.92 bits per heavy atom. The van der Waals surface area contributed by atoms with Crippen LogP contribution < -0.4 is 5.48 Å².